The molecule has 0 unspecified atom stereocenters. The van der Waals surface area contributed by atoms with Crippen LogP contribution in [-0.4, -0.2) is 14.8 Å². The fraction of sp³-hybridized carbons (Fsp3) is 0.333. The third kappa shape index (κ3) is 2.70. The fourth-order valence-corrected chi connectivity index (χ4v) is 2.58. The van der Waals surface area contributed by atoms with Gasteiger partial charge in [0.1, 0.15) is 11.6 Å². The minimum Gasteiger partial charge on any atom is -0.324 e. The molecule has 0 saturated carbocycles. The highest BCUT2D eigenvalue weighted by Crippen LogP contribution is 2.23. The summed E-state index contributed by atoms with van der Waals surface area (Å²) in [4.78, 5) is 0. The third-order valence-corrected chi connectivity index (χ3v) is 3.84. The van der Waals surface area contributed by atoms with Crippen molar-refractivity contribution in [1.82, 2.24) is 14.8 Å². The second-order valence-electron chi connectivity index (χ2n) is 4.02. The summed E-state index contributed by atoms with van der Waals surface area (Å²) in [5.41, 5.74) is 7.58. The molecular formula is C12H15FN4S. The van der Waals surface area contributed by atoms with Gasteiger partial charge in [-0.3, -0.25) is 0 Å². The number of hydrogen-bond donors (Lipinski definition) is 1. The van der Waals surface area contributed by atoms with Crippen LogP contribution in [0.2, 0.25) is 0 Å². The Morgan fingerprint density at radius 1 is 1.39 bits per heavy atom. The van der Waals surface area contributed by atoms with Crippen molar-refractivity contribution >= 4 is 11.8 Å². The SMILES string of the molecule is Cc1ccc(F)cc1CSc1nnc(CN)n1C. The molecule has 0 spiro atoms. The van der Waals surface area contributed by atoms with Crippen LogP contribution in [0.3, 0.4) is 0 Å². The number of benzene rings is 1. The van der Waals surface area contributed by atoms with E-state index in [-0.39, 0.29) is 5.82 Å². The summed E-state index contributed by atoms with van der Waals surface area (Å²) >= 11 is 1.53. The zero-order valence-corrected chi connectivity index (χ0v) is 11.2. The fourth-order valence-electron chi connectivity index (χ4n) is 1.59. The first-order valence-corrected chi connectivity index (χ1v) is 6.56. The molecule has 1 aromatic carbocycles. The van der Waals surface area contributed by atoms with E-state index in [1.807, 2.05) is 18.5 Å². The van der Waals surface area contributed by atoms with Crippen molar-refractivity contribution in [3.8, 4) is 0 Å². The van der Waals surface area contributed by atoms with Crippen molar-refractivity contribution in [3.63, 3.8) is 0 Å². The van der Waals surface area contributed by atoms with Gasteiger partial charge in [-0.15, -0.1) is 10.2 Å². The van der Waals surface area contributed by atoms with E-state index in [4.69, 9.17) is 5.73 Å². The van der Waals surface area contributed by atoms with E-state index >= 15 is 0 Å². The van der Waals surface area contributed by atoms with Gasteiger partial charge >= 0.3 is 0 Å². The Morgan fingerprint density at radius 3 is 2.83 bits per heavy atom. The molecule has 1 aromatic heterocycles. The molecule has 4 nitrogen and oxygen atoms in total. The molecule has 0 aliphatic heterocycles. The maximum Gasteiger partial charge on any atom is 0.191 e. The Kier molecular flexibility index (Phi) is 3.98. The van der Waals surface area contributed by atoms with Crippen LogP contribution in [0.5, 0.6) is 0 Å². The maximum absolute atomic E-state index is 13.2. The number of aromatic nitrogens is 3. The summed E-state index contributed by atoms with van der Waals surface area (Å²) in [7, 11) is 1.88. The van der Waals surface area contributed by atoms with E-state index in [0.717, 1.165) is 22.1 Å². The van der Waals surface area contributed by atoms with E-state index in [1.54, 1.807) is 12.1 Å². The van der Waals surface area contributed by atoms with Crippen LogP contribution >= 0.6 is 11.8 Å². The predicted molar refractivity (Wildman–Crippen MR) is 69.6 cm³/mol. The molecule has 0 fully saturated rings. The Bertz CT molecular complexity index is 553. The van der Waals surface area contributed by atoms with Crippen molar-refractivity contribution in [1.29, 1.82) is 0 Å². The van der Waals surface area contributed by atoms with E-state index in [1.165, 1.54) is 17.8 Å². The van der Waals surface area contributed by atoms with E-state index in [9.17, 15) is 4.39 Å². The smallest absolute Gasteiger partial charge is 0.191 e. The molecule has 18 heavy (non-hydrogen) atoms. The van der Waals surface area contributed by atoms with Crippen molar-refractivity contribution in [2.24, 2.45) is 12.8 Å². The van der Waals surface area contributed by atoms with Crippen LogP contribution in [-0.2, 0) is 19.3 Å². The Morgan fingerprint density at radius 2 is 2.17 bits per heavy atom. The lowest BCUT2D eigenvalue weighted by atomic mass is 10.1. The first-order valence-electron chi connectivity index (χ1n) is 5.58. The topological polar surface area (TPSA) is 56.7 Å². The van der Waals surface area contributed by atoms with Gasteiger partial charge in [-0.05, 0) is 30.2 Å². The largest absolute Gasteiger partial charge is 0.324 e. The first kappa shape index (κ1) is 13.0. The summed E-state index contributed by atoms with van der Waals surface area (Å²) in [5.74, 6) is 1.20. The molecule has 2 N–H and O–H groups in total. The van der Waals surface area contributed by atoms with Crippen LogP contribution in [0.25, 0.3) is 0 Å². The molecule has 0 radical (unpaired) electrons. The van der Waals surface area contributed by atoms with Gasteiger partial charge < -0.3 is 10.3 Å². The van der Waals surface area contributed by atoms with E-state index in [0.29, 0.717) is 12.3 Å². The van der Waals surface area contributed by atoms with Crippen LogP contribution in [0.4, 0.5) is 4.39 Å². The summed E-state index contributed by atoms with van der Waals surface area (Å²) < 4.78 is 15.0. The van der Waals surface area contributed by atoms with Gasteiger partial charge in [-0.25, -0.2) is 4.39 Å². The highest BCUT2D eigenvalue weighted by Gasteiger charge is 2.09. The lowest BCUT2D eigenvalue weighted by molar-refractivity contribution is 0.626. The average molecular weight is 266 g/mol. The molecule has 96 valence electrons. The van der Waals surface area contributed by atoms with Crippen LogP contribution < -0.4 is 5.73 Å². The standard InChI is InChI=1S/C12H15FN4S/c1-8-3-4-10(13)5-9(8)7-18-12-16-15-11(6-14)17(12)2/h3-5H,6-7,14H2,1-2H3. The highest BCUT2D eigenvalue weighted by molar-refractivity contribution is 7.98. The highest BCUT2D eigenvalue weighted by atomic mass is 32.2. The number of rotatable bonds is 4. The maximum atomic E-state index is 13.2. The number of hydrogen-bond acceptors (Lipinski definition) is 4. The molecule has 6 heteroatoms. The predicted octanol–water partition coefficient (Wildman–Crippen LogP) is 2.01. The Labute approximate surface area is 109 Å². The number of nitrogens with zero attached hydrogens (tertiary/aromatic N) is 3. The van der Waals surface area contributed by atoms with Crippen LogP contribution in [0.15, 0.2) is 23.4 Å². The molecule has 0 amide bonds. The van der Waals surface area contributed by atoms with Crippen molar-refractivity contribution < 1.29 is 4.39 Å². The summed E-state index contributed by atoms with van der Waals surface area (Å²) in [6.45, 7) is 2.33. The zero-order valence-electron chi connectivity index (χ0n) is 10.4. The Hall–Kier alpha value is -1.40. The van der Waals surface area contributed by atoms with Crippen molar-refractivity contribution in [2.45, 2.75) is 24.4 Å². The monoisotopic (exact) mass is 266 g/mol. The zero-order chi connectivity index (χ0) is 13.1. The molecule has 0 atom stereocenters. The van der Waals surface area contributed by atoms with Gasteiger partial charge in [-0.1, -0.05) is 17.8 Å². The molecule has 0 bridgehead atoms. The molecular weight excluding hydrogens is 251 g/mol. The second-order valence-corrected chi connectivity index (χ2v) is 4.96. The van der Waals surface area contributed by atoms with Crippen molar-refractivity contribution in [3.05, 3.63) is 41.0 Å². The molecule has 1 heterocycles. The average Bonchev–Trinajstić information content (AvgIpc) is 2.71. The van der Waals surface area contributed by atoms with Gasteiger partial charge in [0.25, 0.3) is 0 Å². The number of aryl methyl sites for hydroxylation is 1. The lowest BCUT2D eigenvalue weighted by Crippen LogP contribution is -2.05. The molecule has 0 aliphatic carbocycles. The summed E-state index contributed by atoms with van der Waals surface area (Å²) in [6, 6.07) is 4.81. The van der Waals surface area contributed by atoms with Crippen molar-refractivity contribution in [2.75, 3.05) is 0 Å². The number of nitrogens with two attached hydrogens (primary N) is 1. The van der Waals surface area contributed by atoms with Crippen LogP contribution in [0.1, 0.15) is 17.0 Å². The number of halogens is 1. The third-order valence-electron chi connectivity index (χ3n) is 2.78. The summed E-state index contributed by atoms with van der Waals surface area (Å²) in [5, 5.41) is 8.83. The molecule has 0 aliphatic rings. The summed E-state index contributed by atoms with van der Waals surface area (Å²) in [6.07, 6.45) is 0. The van der Waals surface area contributed by atoms with Gasteiger partial charge in [0.05, 0.1) is 6.54 Å². The van der Waals surface area contributed by atoms with Gasteiger partial charge in [0, 0.05) is 12.8 Å². The molecule has 2 aromatic rings. The quantitative estimate of drug-likeness (QED) is 0.860. The van der Waals surface area contributed by atoms with Crippen LogP contribution in [0, 0.1) is 12.7 Å². The first-order chi connectivity index (χ1) is 8.61. The Balaban J connectivity index is 2.11. The van der Waals surface area contributed by atoms with Gasteiger partial charge in [0.2, 0.25) is 0 Å². The van der Waals surface area contributed by atoms with Gasteiger partial charge in [-0.2, -0.15) is 0 Å². The van der Waals surface area contributed by atoms with E-state index < -0.39 is 0 Å². The molecule has 2 rings (SSSR count). The van der Waals surface area contributed by atoms with E-state index in [2.05, 4.69) is 10.2 Å². The minimum absolute atomic E-state index is 0.211. The normalized spacial score (nSPS) is 10.9. The second kappa shape index (κ2) is 5.49. The number of thioether (sulfide) groups is 1. The minimum atomic E-state index is -0.211. The van der Waals surface area contributed by atoms with Gasteiger partial charge in [0.15, 0.2) is 5.16 Å². The molecule has 0 saturated heterocycles. The lowest BCUT2D eigenvalue weighted by Gasteiger charge is -2.05.